The predicted molar refractivity (Wildman–Crippen MR) is 123 cm³/mol. The molecule has 2 amide bonds. The summed E-state index contributed by atoms with van der Waals surface area (Å²) in [6.07, 6.45) is 5.35. The molecular weight excluding hydrogens is 434 g/mol. The fourth-order valence-electron chi connectivity index (χ4n) is 3.46. The molecule has 0 radical (unpaired) electrons. The standard InChI is InChI=1S/C22H27N3O4S2/c1-15(21(26)24-18-9-13-20(14-10-18)31(23,28)29)30-19-11-7-17(8-12-19)25-22(27)16-5-3-2-4-6-16/h7-16H,2-6H2,1H3,(H,24,26)(H,25,27)(H2,23,28,29). The minimum Gasteiger partial charge on any atom is -0.326 e. The Morgan fingerprint density at radius 2 is 1.48 bits per heavy atom. The van der Waals surface area contributed by atoms with Gasteiger partial charge in [-0.15, -0.1) is 11.8 Å². The number of primary sulfonamides is 1. The lowest BCUT2D eigenvalue weighted by molar-refractivity contribution is -0.120. The van der Waals surface area contributed by atoms with E-state index in [-0.39, 0.29) is 27.9 Å². The van der Waals surface area contributed by atoms with Crippen molar-refractivity contribution < 1.29 is 18.0 Å². The van der Waals surface area contributed by atoms with Crippen LogP contribution in [0.25, 0.3) is 0 Å². The Balaban J connectivity index is 1.52. The molecule has 0 heterocycles. The smallest absolute Gasteiger partial charge is 0.238 e. The van der Waals surface area contributed by atoms with E-state index >= 15 is 0 Å². The molecule has 3 rings (SSSR count). The van der Waals surface area contributed by atoms with E-state index in [1.54, 1.807) is 6.92 Å². The lowest BCUT2D eigenvalue weighted by Gasteiger charge is -2.20. The highest BCUT2D eigenvalue weighted by Crippen LogP contribution is 2.28. The number of thioether (sulfide) groups is 1. The second-order valence-corrected chi connectivity index (χ2v) is 10.6. The summed E-state index contributed by atoms with van der Waals surface area (Å²) in [5.74, 6) is -0.0186. The van der Waals surface area contributed by atoms with Crippen LogP contribution in [0.2, 0.25) is 0 Å². The maximum Gasteiger partial charge on any atom is 0.238 e. The van der Waals surface area contributed by atoms with Crippen LogP contribution in [0.1, 0.15) is 39.0 Å². The highest BCUT2D eigenvalue weighted by molar-refractivity contribution is 8.00. The van der Waals surface area contributed by atoms with Gasteiger partial charge in [0.15, 0.2) is 0 Å². The third kappa shape index (κ3) is 6.81. The fourth-order valence-corrected chi connectivity index (χ4v) is 4.84. The number of anilines is 2. The van der Waals surface area contributed by atoms with Gasteiger partial charge < -0.3 is 10.6 Å². The molecule has 0 spiro atoms. The Morgan fingerprint density at radius 3 is 2.06 bits per heavy atom. The molecule has 0 bridgehead atoms. The predicted octanol–water partition coefficient (Wildman–Crippen LogP) is 3.97. The molecule has 7 nitrogen and oxygen atoms in total. The molecule has 0 aromatic heterocycles. The largest absolute Gasteiger partial charge is 0.326 e. The van der Waals surface area contributed by atoms with E-state index in [2.05, 4.69) is 10.6 Å². The number of amides is 2. The van der Waals surface area contributed by atoms with Gasteiger partial charge >= 0.3 is 0 Å². The second kappa shape index (κ2) is 10.3. The van der Waals surface area contributed by atoms with E-state index in [9.17, 15) is 18.0 Å². The Morgan fingerprint density at radius 1 is 0.935 bits per heavy atom. The lowest BCUT2D eigenvalue weighted by Crippen LogP contribution is -2.24. The fraction of sp³-hybridized carbons (Fsp3) is 0.364. The Hall–Kier alpha value is -2.36. The van der Waals surface area contributed by atoms with E-state index < -0.39 is 10.0 Å². The molecule has 2 aromatic rings. The van der Waals surface area contributed by atoms with E-state index in [0.29, 0.717) is 5.69 Å². The average Bonchev–Trinajstić information content (AvgIpc) is 2.75. The molecule has 0 saturated heterocycles. The van der Waals surface area contributed by atoms with Gasteiger partial charge in [0.25, 0.3) is 0 Å². The monoisotopic (exact) mass is 461 g/mol. The van der Waals surface area contributed by atoms with Crippen molar-refractivity contribution in [2.24, 2.45) is 11.1 Å². The first-order valence-corrected chi connectivity index (χ1v) is 12.7. The van der Waals surface area contributed by atoms with Crippen molar-refractivity contribution in [2.45, 2.75) is 54.1 Å². The zero-order valence-corrected chi connectivity index (χ0v) is 19.0. The molecule has 0 aliphatic heterocycles. The normalized spacial score (nSPS) is 15.8. The van der Waals surface area contributed by atoms with Crippen LogP contribution in [-0.4, -0.2) is 25.5 Å². The summed E-state index contributed by atoms with van der Waals surface area (Å²) in [6, 6.07) is 13.2. The average molecular weight is 462 g/mol. The molecular formula is C22H27N3O4S2. The molecule has 1 saturated carbocycles. The number of nitrogens with one attached hydrogen (secondary N) is 2. The number of nitrogens with two attached hydrogens (primary N) is 1. The van der Waals surface area contributed by atoms with Crippen molar-refractivity contribution in [3.05, 3.63) is 48.5 Å². The Bertz CT molecular complexity index is 1020. The summed E-state index contributed by atoms with van der Waals surface area (Å²) < 4.78 is 22.6. The minimum atomic E-state index is -3.77. The number of rotatable bonds is 7. The van der Waals surface area contributed by atoms with Gasteiger partial charge in [-0.05, 0) is 68.3 Å². The lowest BCUT2D eigenvalue weighted by atomic mass is 9.88. The second-order valence-electron chi connectivity index (χ2n) is 7.67. The third-order valence-corrected chi connectivity index (χ3v) is 7.27. The van der Waals surface area contributed by atoms with Crippen LogP contribution >= 0.6 is 11.8 Å². The highest BCUT2D eigenvalue weighted by Gasteiger charge is 2.21. The molecule has 1 fully saturated rings. The van der Waals surface area contributed by atoms with E-state index in [0.717, 1.165) is 36.3 Å². The van der Waals surface area contributed by atoms with Crippen molar-refractivity contribution in [2.75, 3.05) is 10.6 Å². The van der Waals surface area contributed by atoms with Crippen molar-refractivity contribution in [1.29, 1.82) is 0 Å². The van der Waals surface area contributed by atoms with Crippen LogP contribution in [0, 0.1) is 5.92 Å². The molecule has 31 heavy (non-hydrogen) atoms. The maximum atomic E-state index is 12.5. The summed E-state index contributed by atoms with van der Waals surface area (Å²) in [7, 11) is -3.77. The number of sulfonamides is 1. The summed E-state index contributed by atoms with van der Waals surface area (Å²) in [5.41, 5.74) is 1.25. The van der Waals surface area contributed by atoms with Gasteiger partial charge in [-0.1, -0.05) is 19.3 Å². The zero-order valence-electron chi connectivity index (χ0n) is 17.3. The highest BCUT2D eigenvalue weighted by atomic mass is 32.2. The SMILES string of the molecule is CC(Sc1ccc(NC(=O)C2CCCCC2)cc1)C(=O)Nc1ccc(S(N)(=O)=O)cc1. The van der Waals surface area contributed by atoms with Gasteiger partial charge in [0.1, 0.15) is 0 Å². The van der Waals surface area contributed by atoms with Gasteiger partial charge in [0.2, 0.25) is 21.8 Å². The quantitative estimate of drug-likeness (QED) is 0.539. The van der Waals surface area contributed by atoms with E-state index in [4.69, 9.17) is 5.14 Å². The van der Waals surface area contributed by atoms with E-state index in [1.807, 2.05) is 24.3 Å². The molecule has 2 aromatic carbocycles. The molecule has 166 valence electrons. The third-order valence-electron chi connectivity index (χ3n) is 5.23. The van der Waals surface area contributed by atoms with Gasteiger partial charge in [0, 0.05) is 22.2 Å². The van der Waals surface area contributed by atoms with Crippen molar-refractivity contribution >= 4 is 45.0 Å². The number of carbonyl (C=O) groups is 2. The van der Waals surface area contributed by atoms with Gasteiger partial charge in [-0.2, -0.15) is 0 Å². The number of carbonyl (C=O) groups excluding carboxylic acids is 2. The van der Waals surface area contributed by atoms with Crippen molar-refractivity contribution in [1.82, 2.24) is 0 Å². The topological polar surface area (TPSA) is 118 Å². The van der Waals surface area contributed by atoms with Crippen LogP contribution in [0.3, 0.4) is 0 Å². The van der Waals surface area contributed by atoms with Crippen LogP contribution < -0.4 is 15.8 Å². The van der Waals surface area contributed by atoms with E-state index in [1.165, 1.54) is 42.4 Å². The first-order chi connectivity index (χ1) is 14.7. The van der Waals surface area contributed by atoms with Gasteiger partial charge in [0.05, 0.1) is 10.1 Å². The number of benzene rings is 2. The summed E-state index contributed by atoms with van der Waals surface area (Å²) in [4.78, 5) is 25.7. The number of hydrogen-bond donors (Lipinski definition) is 3. The zero-order chi connectivity index (χ0) is 22.4. The van der Waals surface area contributed by atoms with Crippen LogP contribution in [0.4, 0.5) is 11.4 Å². The van der Waals surface area contributed by atoms with Crippen LogP contribution in [0.15, 0.2) is 58.3 Å². The van der Waals surface area contributed by atoms with Crippen molar-refractivity contribution in [3.63, 3.8) is 0 Å². The molecule has 1 unspecified atom stereocenters. The summed E-state index contributed by atoms with van der Waals surface area (Å²) in [5, 5.41) is 10.4. The molecule has 1 aliphatic rings. The van der Waals surface area contributed by atoms with Gasteiger partial charge in [-0.3, -0.25) is 9.59 Å². The maximum absolute atomic E-state index is 12.5. The van der Waals surface area contributed by atoms with Crippen LogP contribution in [0.5, 0.6) is 0 Å². The van der Waals surface area contributed by atoms with Gasteiger partial charge in [-0.25, -0.2) is 13.6 Å². The van der Waals surface area contributed by atoms with Crippen LogP contribution in [-0.2, 0) is 19.6 Å². The minimum absolute atomic E-state index is 0.0106. The number of hydrogen-bond acceptors (Lipinski definition) is 5. The molecule has 4 N–H and O–H groups in total. The Kier molecular flexibility index (Phi) is 7.74. The molecule has 9 heteroatoms. The first-order valence-electron chi connectivity index (χ1n) is 10.2. The van der Waals surface area contributed by atoms with Crippen molar-refractivity contribution in [3.8, 4) is 0 Å². The summed E-state index contributed by atoms with van der Waals surface area (Å²) >= 11 is 1.39. The Labute approximate surface area is 187 Å². The summed E-state index contributed by atoms with van der Waals surface area (Å²) in [6.45, 7) is 1.79. The first kappa shape index (κ1) is 23.3. The molecule has 1 aliphatic carbocycles. The molecule has 1 atom stereocenters.